The van der Waals surface area contributed by atoms with Gasteiger partial charge in [0, 0.05) is 19.1 Å². The normalized spacial score (nSPS) is 10.7. The van der Waals surface area contributed by atoms with Gasteiger partial charge >= 0.3 is 0 Å². The summed E-state index contributed by atoms with van der Waals surface area (Å²) in [4.78, 5) is 8.71. The Bertz CT molecular complexity index is 617. The highest BCUT2D eigenvalue weighted by atomic mass is 35.5. The molecule has 0 radical (unpaired) electrons. The number of rotatable bonds is 6. The van der Waals surface area contributed by atoms with E-state index in [0.29, 0.717) is 29.2 Å². The summed E-state index contributed by atoms with van der Waals surface area (Å²) in [7, 11) is 1.67. The number of hydrogen-bond acceptors (Lipinski definition) is 4. The van der Waals surface area contributed by atoms with Crippen molar-refractivity contribution >= 4 is 11.6 Å². The number of aryl methyl sites for hydroxylation is 1. The van der Waals surface area contributed by atoms with Crippen molar-refractivity contribution < 1.29 is 9.47 Å². The van der Waals surface area contributed by atoms with Gasteiger partial charge in [-0.1, -0.05) is 30.7 Å². The van der Waals surface area contributed by atoms with Crippen LogP contribution in [0.25, 0.3) is 0 Å². The van der Waals surface area contributed by atoms with Crippen LogP contribution in [0.2, 0.25) is 5.15 Å². The number of methoxy groups -OCH3 is 1. The van der Waals surface area contributed by atoms with Crippen LogP contribution in [0.15, 0.2) is 24.3 Å². The lowest BCUT2D eigenvalue weighted by Crippen LogP contribution is -2.01. The zero-order valence-corrected chi connectivity index (χ0v) is 13.3. The Labute approximate surface area is 130 Å². The lowest BCUT2D eigenvalue weighted by atomic mass is 10.2. The molecule has 2 aromatic rings. The molecular weight excluding hydrogens is 288 g/mol. The van der Waals surface area contributed by atoms with Gasteiger partial charge in [0.25, 0.3) is 0 Å². The molecule has 5 heteroatoms. The third-order valence-corrected chi connectivity index (χ3v) is 3.35. The average molecular weight is 307 g/mol. The van der Waals surface area contributed by atoms with E-state index in [-0.39, 0.29) is 0 Å². The van der Waals surface area contributed by atoms with Gasteiger partial charge in [0.05, 0.1) is 6.61 Å². The fraction of sp³-hybridized carbons (Fsp3) is 0.375. The first-order valence-corrected chi connectivity index (χ1v) is 7.30. The number of aromatic nitrogens is 2. The topological polar surface area (TPSA) is 44.2 Å². The standard InChI is InChI=1S/C16H19ClN2O2/c1-4-6-14-18-15(17)11(2)16(19-14)21-13-8-5-7-12(9-13)10-20-3/h5,7-9H,4,6,10H2,1-3H3. The maximum absolute atomic E-state index is 6.15. The highest BCUT2D eigenvalue weighted by Gasteiger charge is 2.11. The van der Waals surface area contributed by atoms with Crippen molar-refractivity contribution in [3.63, 3.8) is 0 Å². The van der Waals surface area contributed by atoms with E-state index in [2.05, 4.69) is 16.9 Å². The number of ether oxygens (including phenoxy) is 2. The summed E-state index contributed by atoms with van der Waals surface area (Å²) in [5, 5.41) is 0.441. The summed E-state index contributed by atoms with van der Waals surface area (Å²) in [6.07, 6.45) is 1.74. The summed E-state index contributed by atoms with van der Waals surface area (Å²) in [6.45, 7) is 4.47. The Morgan fingerprint density at radius 3 is 2.76 bits per heavy atom. The van der Waals surface area contributed by atoms with Gasteiger partial charge in [-0.15, -0.1) is 0 Å². The Morgan fingerprint density at radius 1 is 1.24 bits per heavy atom. The summed E-state index contributed by atoms with van der Waals surface area (Å²) in [5.41, 5.74) is 1.79. The van der Waals surface area contributed by atoms with Crippen LogP contribution in [-0.2, 0) is 17.8 Å². The minimum absolute atomic E-state index is 0.441. The van der Waals surface area contributed by atoms with Gasteiger partial charge in [-0.05, 0) is 31.0 Å². The second-order valence-electron chi connectivity index (χ2n) is 4.79. The summed E-state index contributed by atoms with van der Waals surface area (Å²) in [6, 6.07) is 7.72. The number of halogens is 1. The molecule has 0 N–H and O–H groups in total. The molecule has 0 bridgehead atoms. The summed E-state index contributed by atoms with van der Waals surface area (Å²) >= 11 is 6.15. The molecule has 4 nitrogen and oxygen atoms in total. The van der Waals surface area contributed by atoms with Crippen molar-refractivity contribution in [3.8, 4) is 11.6 Å². The molecule has 0 atom stereocenters. The first kappa shape index (κ1) is 15.7. The van der Waals surface area contributed by atoms with Crippen LogP contribution >= 0.6 is 11.6 Å². The SMILES string of the molecule is CCCc1nc(Cl)c(C)c(Oc2cccc(COC)c2)n1. The van der Waals surface area contributed by atoms with E-state index >= 15 is 0 Å². The molecule has 0 spiro atoms. The van der Waals surface area contributed by atoms with Gasteiger partial charge in [0.15, 0.2) is 0 Å². The molecular formula is C16H19ClN2O2. The third kappa shape index (κ3) is 4.16. The Kier molecular flexibility index (Phi) is 5.53. The Hall–Kier alpha value is -1.65. The zero-order valence-electron chi connectivity index (χ0n) is 12.5. The highest BCUT2D eigenvalue weighted by molar-refractivity contribution is 6.30. The minimum Gasteiger partial charge on any atom is -0.439 e. The Morgan fingerprint density at radius 2 is 2.05 bits per heavy atom. The van der Waals surface area contributed by atoms with E-state index in [1.807, 2.05) is 31.2 Å². The van der Waals surface area contributed by atoms with Gasteiger partial charge in [-0.2, -0.15) is 4.98 Å². The van der Waals surface area contributed by atoms with E-state index in [0.717, 1.165) is 24.0 Å². The van der Waals surface area contributed by atoms with Crippen LogP contribution in [-0.4, -0.2) is 17.1 Å². The summed E-state index contributed by atoms with van der Waals surface area (Å²) in [5.74, 6) is 1.93. The molecule has 0 fully saturated rings. The van der Waals surface area contributed by atoms with Gasteiger partial charge in [-0.25, -0.2) is 4.98 Å². The van der Waals surface area contributed by atoms with E-state index in [1.165, 1.54) is 0 Å². The minimum atomic E-state index is 0.441. The lowest BCUT2D eigenvalue weighted by Gasteiger charge is -2.11. The smallest absolute Gasteiger partial charge is 0.226 e. The van der Waals surface area contributed by atoms with Gasteiger partial charge in [-0.3, -0.25) is 0 Å². The molecule has 1 aromatic heterocycles. The van der Waals surface area contributed by atoms with Crippen LogP contribution < -0.4 is 4.74 Å². The fourth-order valence-corrected chi connectivity index (χ4v) is 2.10. The van der Waals surface area contributed by atoms with E-state index in [1.54, 1.807) is 7.11 Å². The van der Waals surface area contributed by atoms with Crippen LogP contribution in [0.3, 0.4) is 0 Å². The number of hydrogen-bond donors (Lipinski definition) is 0. The maximum atomic E-state index is 6.15. The van der Waals surface area contributed by atoms with Crippen LogP contribution in [0.1, 0.15) is 30.3 Å². The lowest BCUT2D eigenvalue weighted by molar-refractivity contribution is 0.184. The van der Waals surface area contributed by atoms with Crippen molar-refractivity contribution in [2.75, 3.05) is 7.11 Å². The molecule has 0 amide bonds. The molecule has 112 valence electrons. The highest BCUT2D eigenvalue weighted by Crippen LogP contribution is 2.27. The first-order valence-electron chi connectivity index (χ1n) is 6.92. The molecule has 0 aliphatic carbocycles. The van der Waals surface area contributed by atoms with Gasteiger partial charge in [0.2, 0.25) is 5.88 Å². The van der Waals surface area contributed by atoms with Crippen molar-refractivity contribution in [1.82, 2.24) is 9.97 Å². The zero-order chi connectivity index (χ0) is 15.2. The molecule has 0 saturated carbocycles. The van der Waals surface area contributed by atoms with Crippen molar-refractivity contribution in [3.05, 3.63) is 46.4 Å². The average Bonchev–Trinajstić information content (AvgIpc) is 2.45. The third-order valence-electron chi connectivity index (χ3n) is 2.99. The fourth-order valence-electron chi connectivity index (χ4n) is 1.92. The predicted molar refractivity (Wildman–Crippen MR) is 83.0 cm³/mol. The molecule has 1 aromatic carbocycles. The molecule has 21 heavy (non-hydrogen) atoms. The van der Waals surface area contributed by atoms with Crippen LogP contribution in [0.4, 0.5) is 0 Å². The first-order chi connectivity index (χ1) is 10.1. The molecule has 0 unspecified atom stereocenters. The van der Waals surface area contributed by atoms with Gasteiger partial charge in [0.1, 0.15) is 16.7 Å². The van der Waals surface area contributed by atoms with E-state index in [4.69, 9.17) is 21.1 Å². The second-order valence-corrected chi connectivity index (χ2v) is 5.15. The quantitative estimate of drug-likeness (QED) is 0.745. The number of nitrogens with zero attached hydrogens (tertiary/aromatic N) is 2. The molecule has 0 saturated heterocycles. The maximum Gasteiger partial charge on any atom is 0.226 e. The van der Waals surface area contributed by atoms with Crippen LogP contribution in [0.5, 0.6) is 11.6 Å². The van der Waals surface area contributed by atoms with Gasteiger partial charge < -0.3 is 9.47 Å². The molecule has 1 heterocycles. The van der Waals surface area contributed by atoms with Crippen molar-refractivity contribution in [2.45, 2.75) is 33.3 Å². The number of benzene rings is 1. The molecule has 0 aliphatic heterocycles. The predicted octanol–water partition coefficient (Wildman–Crippen LogP) is 4.33. The largest absolute Gasteiger partial charge is 0.439 e. The van der Waals surface area contributed by atoms with Crippen molar-refractivity contribution in [2.24, 2.45) is 0 Å². The monoisotopic (exact) mass is 306 g/mol. The van der Waals surface area contributed by atoms with Crippen LogP contribution in [0, 0.1) is 6.92 Å². The van der Waals surface area contributed by atoms with Crippen molar-refractivity contribution in [1.29, 1.82) is 0 Å². The van der Waals surface area contributed by atoms with E-state index in [9.17, 15) is 0 Å². The molecule has 2 rings (SSSR count). The molecule has 0 aliphatic rings. The summed E-state index contributed by atoms with van der Waals surface area (Å²) < 4.78 is 11.0. The Balaban J connectivity index is 2.27. The second kappa shape index (κ2) is 7.38. The van der Waals surface area contributed by atoms with E-state index < -0.39 is 0 Å².